The van der Waals surface area contributed by atoms with Crippen molar-refractivity contribution in [2.45, 2.75) is 52.5 Å². The number of nitrogens with one attached hydrogen (secondary N) is 1. The van der Waals surface area contributed by atoms with Crippen molar-refractivity contribution in [3.8, 4) is 0 Å². The zero-order valence-corrected chi connectivity index (χ0v) is 13.6. The summed E-state index contributed by atoms with van der Waals surface area (Å²) in [6.07, 6.45) is 3.42. The molecule has 0 aromatic carbocycles. The molecule has 1 aromatic heterocycles. The van der Waals surface area contributed by atoms with Crippen LogP contribution in [0.25, 0.3) is 0 Å². The van der Waals surface area contributed by atoms with E-state index in [9.17, 15) is 0 Å². The van der Waals surface area contributed by atoms with Gasteiger partial charge in [0.15, 0.2) is 0 Å². The van der Waals surface area contributed by atoms with Gasteiger partial charge in [-0.2, -0.15) is 0 Å². The third kappa shape index (κ3) is 3.18. The van der Waals surface area contributed by atoms with Crippen molar-refractivity contribution in [3.05, 3.63) is 15.6 Å². The van der Waals surface area contributed by atoms with Crippen molar-refractivity contribution >= 4 is 11.3 Å². The minimum atomic E-state index is 0.0721. The Hall–Kier alpha value is -0.450. The molecular formula is C15H27N3S. The maximum Gasteiger partial charge on any atom is 0.113 e. The molecule has 0 saturated carbocycles. The third-order valence-electron chi connectivity index (χ3n) is 4.02. The quantitative estimate of drug-likeness (QED) is 0.899. The van der Waals surface area contributed by atoms with E-state index in [0.29, 0.717) is 0 Å². The molecular weight excluding hydrogens is 254 g/mol. The molecule has 0 aliphatic carbocycles. The highest BCUT2D eigenvalue weighted by Crippen LogP contribution is 2.33. The second kappa shape index (κ2) is 6.33. The summed E-state index contributed by atoms with van der Waals surface area (Å²) in [4.78, 5) is 9.03. The van der Waals surface area contributed by atoms with Crippen LogP contribution in [-0.4, -0.2) is 36.1 Å². The molecule has 0 spiro atoms. The lowest BCUT2D eigenvalue weighted by Gasteiger charge is -2.39. The maximum absolute atomic E-state index is 4.97. The van der Waals surface area contributed by atoms with Gasteiger partial charge in [-0.15, -0.1) is 11.3 Å². The summed E-state index contributed by atoms with van der Waals surface area (Å²) in [6, 6.07) is 0. The second-order valence-electron chi connectivity index (χ2n) is 5.79. The number of piperazine rings is 1. The molecule has 108 valence electrons. The van der Waals surface area contributed by atoms with Crippen molar-refractivity contribution in [1.82, 2.24) is 15.2 Å². The fraction of sp³-hybridized carbons (Fsp3) is 0.800. The highest BCUT2D eigenvalue weighted by atomic mass is 32.1. The van der Waals surface area contributed by atoms with Crippen LogP contribution < -0.4 is 5.32 Å². The largest absolute Gasteiger partial charge is 0.314 e. The molecule has 1 aliphatic heterocycles. The molecule has 1 saturated heterocycles. The van der Waals surface area contributed by atoms with Crippen molar-refractivity contribution in [3.63, 3.8) is 0 Å². The smallest absolute Gasteiger partial charge is 0.113 e. The number of aromatic nitrogens is 1. The van der Waals surface area contributed by atoms with Gasteiger partial charge >= 0.3 is 0 Å². The molecule has 19 heavy (non-hydrogen) atoms. The summed E-state index contributed by atoms with van der Waals surface area (Å²) in [5, 5.41) is 4.73. The van der Waals surface area contributed by atoms with Crippen LogP contribution in [0.5, 0.6) is 0 Å². The zero-order chi connectivity index (χ0) is 13.9. The number of hydrogen-bond donors (Lipinski definition) is 1. The molecule has 2 heterocycles. The predicted molar refractivity (Wildman–Crippen MR) is 83.0 cm³/mol. The number of nitrogens with zero attached hydrogens (tertiary/aromatic N) is 2. The van der Waals surface area contributed by atoms with Crippen LogP contribution in [0.4, 0.5) is 0 Å². The summed E-state index contributed by atoms with van der Waals surface area (Å²) >= 11 is 1.93. The second-order valence-corrected chi connectivity index (χ2v) is 6.87. The van der Waals surface area contributed by atoms with E-state index >= 15 is 0 Å². The Morgan fingerprint density at radius 3 is 2.53 bits per heavy atom. The predicted octanol–water partition coefficient (Wildman–Crippen LogP) is 2.80. The monoisotopic (exact) mass is 281 g/mol. The first-order valence-electron chi connectivity index (χ1n) is 7.54. The Bertz CT molecular complexity index is 406. The van der Waals surface area contributed by atoms with Gasteiger partial charge in [-0.3, -0.25) is 4.90 Å². The van der Waals surface area contributed by atoms with E-state index in [1.54, 1.807) is 0 Å². The minimum absolute atomic E-state index is 0.0721. The van der Waals surface area contributed by atoms with E-state index in [1.807, 2.05) is 11.3 Å². The molecule has 0 atom stereocenters. The van der Waals surface area contributed by atoms with Gasteiger partial charge in [-0.25, -0.2) is 4.98 Å². The maximum atomic E-state index is 4.97. The van der Waals surface area contributed by atoms with E-state index in [4.69, 9.17) is 4.98 Å². The van der Waals surface area contributed by atoms with Gasteiger partial charge in [0.2, 0.25) is 0 Å². The fourth-order valence-corrected chi connectivity index (χ4v) is 3.89. The van der Waals surface area contributed by atoms with Crippen molar-refractivity contribution in [2.75, 3.05) is 26.2 Å². The number of aryl methyl sites for hydroxylation is 2. The molecule has 1 fully saturated rings. The van der Waals surface area contributed by atoms with Crippen LogP contribution in [0.1, 0.15) is 49.7 Å². The van der Waals surface area contributed by atoms with Gasteiger partial charge in [-0.05, 0) is 26.7 Å². The topological polar surface area (TPSA) is 28.2 Å². The average Bonchev–Trinajstić information content (AvgIpc) is 2.84. The lowest BCUT2D eigenvalue weighted by Crippen LogP contribution is -2.51. The Kier molecular flexibility index (Phi) is 4.98. The molecule has 1 aliphatic rings. The van der Waals surface area contributed by atoms with Crippen LogP contribution in [-0.2, 0) is 18.4 Å². The number of rotatable bonds is 5. The van der Waals surface area contributed by atoms with Gasteiger partial charge in [0.25, 0.3) is 0 Å². The molecule has 3 nitrogen and oxygen atoms in total. The highest BCUT2D eigenvalue weighted by molar-refractivity contribution is 7.11. The van der Waals surface area contributed by atoms with Crippen molar-refractivity contribution in [2.24, 2.45) is 0 Å². The summed E-state index contributed by atoms with van der Waals surface area (Å²) in [5.74, 6) is 0. The zero-order valence-electron chi connectivity index (χ0n) is 12.8. The standard InChI is InChI=1S/C15H27N3S/c1-5-7-12-13(6-2)19-14(17-12)15(3,4)18-10-8-16-9-11-18/h16H,5-11H2,1-4H3. The van der Waals surface area contributed by atoms with Crippen molar-refractivity contribution < 1.29 is 0 Å². The molecule has 1 aromatic rings. The molecule has 0 unspecified atom stereocenters. The van der Waals surface area contributed by atoms with Gasteiger partial charge in [-0.1, -0.05) is 20.3 Å². The molecule has 2 rings (SSSR count). The van der Waals surface area contributed by atoms with Gasteiger partial charge in [0.05, 0.1) is 11.2 Å². The Balaban J connectivity index is 2.23. The Morgan fingerprint density at radius 2 is 1.95 bits per heavy atom. The number of thiazole rings is 1. The van der Waals surface area contributed by atoms with Crippen LogP contribution >= 0.6 is 11.3 Å². The van der Waals surface area contributed by atoms with Crippen LogP contribution in [0.2, 0.25) is 0 Å². The highest BCUT2D eigenvalue weighted by Gasteiger charge is 2.33. The molecule has 1 N–H and O–H groups in total. The summed E-state index contributed by atoms with van der Waals surface area (Å²) in [7, 11) is 0. The molecule has 4 heteroatoms. The summed E-state index contributed by atoms with van der Waals surface area (Å²) < 4.78 is 0. The Morgan fingerprint density at radius 1 is 1.26 bits per heavy atom. The summed E-state index contributed by atoms with van der Waals surface area (Å²) in [6.45, 7) is 13.6. The lowest BCUT2D eigenvalue weighted by atomic mass is 10.0. The fourth-order valence-electron chi connectivity index (χ4n) is 2.71. The molecule has 0 amide bonds. The third-order valence-corrected chi connectivity index (χ3v) is 5.57. The minimum Gasteiger partial charge on any atom is -0.314 e. The van der Waals surface area contributed by atoms with Crippen molar-refractivity contribution in [1.29, 1.82) is 0 Å². The number of hydrogen-bond acceptors (Lipinski definition) is 4. The summed E-state index contributed by atoms with van der Waals surface area (Å²) in [5.41, 5.74) is 1.41. The van der Waals surface area contributed by atoms with Gasteiger partial charge in [0, 0.05) is 31.1 Å². The van der Waals surface area contributed by atoms with E-state index in [1.165, 1.54) is 22.0 Å². The van der Waals surface area contributed by atoms with Gasteiger partial charge in [0.1, 0.15) is 5.01 Å². The molecule has 0 bridgehead atoms. The van der Waals surface area contributed by atoms with Gasteiger partial charge < -0.3 is 5.32 Å². The Labute approximate surface area is 121 Å². The first-order chi connectivity index (χ1) is 9.09. The van der Waals surface area contributed by atoms with E-state index in [2.05, 4.69) is 37.9 Å². The van der Waals surface area contributed by atoms with E-state index in [-0.39, 0.29) is 5.54 Å². The van der Waals surface area contributed by atoms with Crippen LogP contribution in [0, 0.1) is 0 Å². The van der Waals surface area contributed by atoms with Crippen LogP contribution in [0.3, 0.4) is 0 Å². The normalized spacial score (nSPS) is 17.9. The lowest BCUT2D eigenvalue weighted by molar-refractivity contribution is 0.102. The first kappa shape index (κ1) is 14.9. The van der Waals surface area contributed by atoms with E-state index < -0.39 is 0 Å². The molecule has 0 radical (unpaired) electrons. The van der Waals surface area contributed by atoms with Crippen LogP contribution in [0.15, 0.2) is 0 Å². The van der Waals surface area contributed by atoms with E-state index in [0.717, 1.165) is 39.0 Å². The average molecular weight is 281 g/mol. The first-order valence-corrected chi connectivity index (χ1v) is 8.36. The SMILES string of the molecule is CCCc1nc(C(C)(C)N2CCNCC2)sc1CC.